The molecule has 1 atom stereocenters. The number of hydrogen-bond acceptors (Lipinski definition) is 3. The maximum atomic E-state index is 9.67. The van der Waals surface area contributed by atoms with Crippen LogP contribution < -0.4 is 9.64 Å². The Bertz CT molecular complexity index is 624. The Hall–Kier alpha value is -2.42. The molecule has 1 aliphatic heterocycles. The van der Waals surface area contributed by atoms with Gasteiger partial charge in [-0.05, 0) is 17.7 Å². The van der Waals surface area contributed by atoms with Crippen molar-refractivity contribution in [2.45, 2.75) is 12.5 Å². The summed E-state index contributed by atoms with van der Waals surface area (Å²) in [7, 11) is 0. The summed E-state index contributed by atoms with van der Waals surface area (Å²) in [5.41, 5.74) is 2.20. The smallest absolute Gasteiger partial charge is 0.143 e. The molecule has 108 valence electrons. The van der Waals surface area contributed by atoms with Crippen LogP contribution in [0, 0.1) is 0 Å². The molecule has 2 aromatic carbocycles. The van der Waals surface area contributed by atoms with Gasteiger partial charge < -0.3 is 14.7 Å². The Labute approximate surface area is 125 Å². The van der Waals surface area contributed by atoms with Crippen molar-refractivity contribution in [3.05, 3.63) is 66.7 Å². The first-order chi connectivity index (χ1) is 10.3. The van der Waals surface area contributed by atoms with Gasteiger partial charge in [0.1, 0.15) is 17.6 Å². The first kappa shape index (κ1) is 13.6. The average Bonchev–Trinajstić information content (AvgIpc) is 2.49. The summed E-state index contributed by atoms with van der Waals surface area (Å²) >= 11 is 0. The maximum Gasteiger partial charge on any atom is 0.143 e. The molecule has 0 bridgehead atoms. The highest BCUT2D eigenvalue weighted by Gasteiger charge is 2.25. The van der Waals surface area contributed by atoms with Crippen molar-refractivity contribution in [2.24, 2.45) is 0 Å². The zero-order valence-corrected chi connectivity index (χ0v) is 11.9. The molecule has 1 heterocycles. The zero-order chi connectivity index (χ0) is 14.7. The highest BCUT2D eigenvalue weighted by Crippen LogP contribution is 2.36. The van der Waals surface area contributed by atoms with Crippen LogP contribution in [0.25, 0.3) is 0 Å². The number of hydrogen-bond donors (Lipinski definition) is 1. The van der Waals surface area contributed by atoms with Crippen LogP contribution >= 0.6 is 0 Å². The fourth-order valence-corrected chi connectivity index (χ4v) is 2.73. The van der Waals surface area contributed by atoms with Gasteiger partial charge in [0, 0.05) is 19.0 Å². The Morgan fingerprint density at radius 2 is 2.05 bits per heavy atom. The second kappa shape index (κ2) is 5.92. The minimum atomic E-state index is 0.101. The number of aromatic hydroxyl groups is 1. The summed E-state index contributed by atoms with van der Waals surface area (Å²) in [5.74, 6) is 1.08. The van der Waals surface area contributed by atoms with Crippen molar-refractivity contribution in [1.29, 1.82) is 0 Å². The molecule has 0 aliphatic carbocycles. The molecule has 21 heavy (non-hydrogen) atoms. The summed E-state index contributed by atoms with van der Waals surface area (Å²) < 4.78 is 6.08. The normalized spacial score (nSPS) is 17.0. The summed E-state index contributed by atoms with van der Waals surface area (Å²) in [5, 5.41) is 9.67. The van der Waals surface area contributed by atoms with Crippen LogP contribution in [0.4, 0.5) is 5.69 Å². The SMILES string of the molecule is C=CCN1CC(Cc2ccccc2)Oc2ccc(O)cc21. The second-order valence-electron chi connectivity index (χ2n) is 5.28. The molecule has 0 fully saturated rings. The number of nitrogens with zero attached hydrogens (tertiary/aromatic N) is 1. The Morgan fingerprint density at radius 1 is 1.24 bits per heavy atom. The molecular formula is C18H19NO2. The van der Waals surface area contributed by atoms with Crippen molar-refractivity contribution in [3.8, 4) is 11.5 Å². The highest BCUT2D eigenvalue weighted by atomic mass is 16.5. The van der Waals surface area contributed by atoms with Gasteiger partial charge in [0.25, 0.3) is 0 Å². The summed E-state index contributed by atoms with van der Waals surface area (Å²) in [4.78, 5) is 2.19. The van der Waals surface area contributed by atoms with Crippen molar-refractivity contribution < 1.29 is 9.84 Å². The van der Waals surface area contributed by atoms with Gasteiger partial charge >= 0.3 is 0 Å². The van der Waals surface area contributed by atoms with Crippen LogP contribution in [0.15, 0.2) is 61.2 Å². The van der Waals surface area contributed by atoms with E-state index in [0.717, 1.165) is 30.9 Å². The molecule has 0 amide bonds. The maximum absolute atomic E-state index is 9.67. The largest absolute Gasteiger partial charge is 0.508 e. The topological polar surface area (TPSA) is 32.7 Å². The minimum absolute atomic E-state index is 0.101. The average molecular weight is 281 g/mol. The molecule has 1 unspecified atom stereocenters. The fourth-order valence-electron chi connectivity index (χ4n) is 2.73. The molecule has 0 saturated carbocycles. The van der Waals surface area contributed by atoms with E-state index in [1.165, 1.54) is 5.56 Å². The lowest BCUT2D eigenvalue weighted by Gasteiger charge is -2.36. The van der Waals surface area contributed by atoms with Gasteiger partial charge in [-0.2, -0.15) is 0 Å². The lowest BCUT2D eigenvalue weighted by Crippen LogP contribution is -2.41. The van der Waals surface area contributed by atoms with Crippen LogP contribution in [0.3, 0.4) is 0 Å². The van der Waals surface area contributed by atoms with E-state index in [1.54, 1.807) is 12.1 Å². The lowest BCUT2D eigenvalue weighted by molar-refractivity contribution is 0.194. The summed E-state index contributed by atoms with van der Waals surface area (Å²) in [6.45, 7) is 5.34. The molecule has 1 aliphatic rings. The van der Waals surface area contributed by atoms with Crippen LogP contribution in [-0.4, -0.2) is 24.3 Å². The molecular weight excluding hydrogens is 262 g/mol. The van der Waals surface area contributed by atoms with Gasteiger partial charge in [-0.1, -0.05) is 36.4 Å². The fraction of sp³-hybridized carbons (Fsp3) is 0.222. The first-order valence-corrected chi connectivity index (χ1v) is 7.15. The second-order valence-corrected chi connectivity index (χ2v) is 5.28. The molecule has 0 radical (unpaired) electrons. The lowest BCUT2D eigenvalue weighted by atomic mass is 10.1. The van der Waals surface area contributed by atoms with Gasteiger partial charge in [-0.15, -0.1) is 6.58 Å². The standard InChI is InChI=1S/C18H19NO2/c1-2-10-19-13-16(11-14-6-4-3-5-7-14)21-18-9-8-15(20)12-17(18)19/h2-9,12,16,20H,1,10-11,13H2. The molecule has 3 nitrogen and oxygen atoms in total. The van der Waals surface area contributed by atoms with Crippen LogP contribution in [0.1, 0.15) is 5.56 Å². The molecule has 3 heteroatoms. The van der Waals surface area contributed by atoms with Crippen LogP contribution in [0.5, 0.6) is 11.5 Å². The van der Waals surface area contributed by atoms with Gasteiger partial charge in [0.05, 0.1) is 12.2 Å². The molecule has 3 rings (SSSR count). The Balaban J connectivity index is 1.83. The number of anilines is 1. The van der Waals surface area contributed by atoms with Crippen molar-refractivity contribution in [3.63, 3.8) is 0 Å². The monoisotopic (exact) mass is 281 g/mol. The number of ether oxygens (including phenoxy) is 1. The van der Waals surface area contributed by atoms with Crippen molar-refractivity contribution in [2.75, 3.05) is 18.0 Å². The number of phenols is 1. The number of rotatable bonds is 4. The highest BCUT2D eigenvalue weighted by molar-refractivity contribution is 5.63. The third-order valence-corrected chi connectivity index (χ3v) is 3.66. The minimum Gasteiger partial charge on any atom is -0.508 e. The van der Waals surface area contributed by atoms with Crippen molar-refractivity contribution >= 4 is 5.69 Å². The van der Waals surface area contributed by atoms with Crippen LogP contribution in [-0.2, 0) is 6.42 Å². The van der Waals surface area contributed by atoms with Gasteiger partial charge in [-0.25, -0.2) is 0 Å². The molecule has 1 N–H and O–H groups in total. The van der Waals surface area contributed by atoms with E-state index in [4.69, 9.17) is 4.74 Å². The summed E-state index contributed by atoms with van der Waals surface area (Å²) in [6, 6.07) is 15.6. The molecule has 0 aromatic heterocycles. The molecule has 2 aromatic rings. The zero-order valence-electron chi connectivity index (χ0n) is 11.9. The van der Waals surface area contributed by atoms with Gasteiger partial charge in [0.15, 0.2) is 0 Å². The first-order valence-electron chi connectivity index (χ1n) is 7.15. The van der Waals surface area contributed by atoms with Gasteiger partial charge in [0.2, 0.25) is 0 Å². The van der Waals surface area contributed by atoms with Crippen molar-refractivity contribution in [1.82, 2.24) is 0 Å². The quantitative estimate of drug-likeness (QED) is 0.872. The number of phenolic OH excluding ortho intramolecular Hbond substituents is 1. The molecule has 0 saturated heterocycles. The van der Waals surface area contributed by atoms with E-state index in [-0.39, 0.29) is 11.9 Å². The van der Waals surface area contributed by atoms with Gasteiger partial charge in [-0.3, -0.25) is 0 Å². The van der Waals surface area contributed by atoms with E-state index >= 15 is 0 Å². The Kier molecular flexibility index (Phi) is 3.82. The Morgan fingerprint density at radius 3 is 2.81 bits per heavy atom. The predicted molar refractivity (Wildman–Crippen MR) is 85.1 cm³/mol. The van der Waals surface area contributed by atoms with Crippen LogP contribution in [0.2, 0.25) is 0 Å². The summed E-state index contributed by atoms with van der Waals surface area (Å²) in [6.07, 6.45) is 2.84. The predicted octanol–water partition coefficient (Wildman–Crippen LogP) is 3.39. The van der Waals surface area contributed by atoms with E-state index in [9.17, 15) is 5.11 Å². The van der Waals surface area contributed by atoms with E-state index in [0.29, 0.717) is 0 Å². The third kappa shape index (κ3) is 3.02. The molecule has 0 spiro atoms. The van der Waals surface area contributed by atoms with E-state index in [2.05, 4.69) is 23.6 Å². The van der Waals surface area contributed by atoms with E-state index in [1.807, 2.05) is 30.3 Å². The van der Waals surface area contributed by atoms with E-state index < -0.39 is 0 Å². The third-order valence-electron chi connectivity index (χ3n) is 3.66. The number of fused-ring (bicyclic) bond motifs is 1. The number of benzene rings is 2.